The zero-order valence-electron chi connectivity index (χ0n) is 11.8. The normalized spacial score (nSPS) is 19.3. The lowest BCUT2D eigenvalue weighted by Gasteiger charge is -2.36. The summed E-state index contributed by atoms with van der Waals surface area (Å²) in [5, 5.41) is 0. The fraction of sp³-hybridized carbons (Fsp3) is 0.846. The molecule has 1 amide bonds. The first-order valence-electron chi connectivity index (χ1n) is 6.54. The summed E-state index contributed by atoms with van der Waals surface area (Å²) in [7, 11) is 5.21. The number of amides is 1. The van der Waals surface area contributed by atoms with Crippen molar-refractivity contribution < 1.29 is 14.3 Å². The number of ether oxygens (including phenoxy) is 1. The molecular formula is C13H24N2O3. The highest BCUT2D eigenvalue weighted by Crippen LogP contribution is 2.18. The molecule has 1 aliphatic rings. The summed E-state index contributed by atoms with van der Waals surface area (Å²) >= 11 is 0. The average molecular weight is 256 g/mol. The molecule has 0 bridgehead atoms. The van der Waals surface area contributed by atoms with Crippen LogP contribution in [0.25, 0.3) is 0 Å². The predicted molar refractivity (Wildman–Crippen MR) is 69.1 cm³/mol. The van der Waals surface area contributed by atoms with Crippen molar-refractivity contribution in [2.45, 2.75) is 32.2 Å². The monoisotopic (exact) mass is 256 g/mol. The van der Waals surface area contributed by atoms with Crippen molar-refractivity contribution in [1.29, 1.82) is 0 Å². The van der Waals surface area contributed by atoms with E-state index in [1.807, 2.05) is 6.92 Å². The maximum atomic E-state index is 12.3. The fourth-order valence-corrected chi connectivity index (χ4v) is 2.39. The van der Waals surface area contributed by atoms with Gasteiger partial charge in [-0.15, -0.1) is 0 Å². The molecule has 0 N–H and O–H groups in total. The minimum absolute atomic E-state index is 0.112. The van der Waals surface area contributed by atoms with Crippen molar-refractivity contribution in [2.75, 3.05) is 34.3 Å². The summed E-state index contributed by atoms with van der Waals surface area (Å²) in [4.78, 5) is 27.8. The zero-order chi connectivity index (χ0) is 13.7. The summed E-state index contributed by atoms with van der Waals surface area (Å²) in [6.07, 6.45) is 2.43. The van der Waals surface area contributed by atoms with E-state index in [9.17, 15) is 9.59 Å². The smallest absolute Gasteiger partial charge is 0.318 e. The maximum absolute atomic E-state index is 12.3. The van der Waals surface area contributed by atoms with E-state index in [0.29, 0.717) is 6.42 Å². The van der Waals surface area contributed by atoms with Crippen LogP contribution in [0, 0.1) is 5.92 Å². The Hall–Kier alpha value is -1.10. The molecule has 1 atom stereocenters. The summed E-state index contributed by atoms with van der Waals surface area (Å²) in [5.41, 5.74) is 0. The third-order valence-electron chi connectivity index (χ3n) is 3.78. The van der Waals surface area contributed by atoms with Crippen LogP contribution in [0.1, 0.15) is 26.2 Å². The molecule has 0 spiro atoms. The molecule has 1 saturated heterocycles. The number of likely N-dealkylation sites (tertiary alicyclic amines) is 1. The lowest BCUT2D eigenvalue weighted by molar-refractivity contribution is -0.154. The molecule has 1 fully saturated rings. The molecule has 5 nitrogen and oxygen atoms in total. The van der Waals surface area contributed by atoms with Gasteiger partial charge >= 0.3 is 5.97 Å². The van der Waals surface area contributed by atoms with Crippen LogP contribution >= 0.6 is 0 Å². The lowest BCUT2D eigenvalue weighted by atomic mass is 10.00. The van der Waals surface area contributed by atoms with Crippen LogP contribution in [0.3, 0.4) is 0 Å². The van der Waals surface area contributed by atoms with Gasteiger partial charge in [0.05, 0.1) is 7.11 Å². The van der Waals surface area contributed by atoms with E-state index in [2.05, 4.69) is 16.7 Å². The number of hydrogen-bond donors (Lipinski definition) is 0. The molecule has 0 radical (unpaired) electrons. The Morgan fingerprint density at radius 3 is 2.39 bits per heavy atom. The molecule has 1 unspecified atom stereocenters. The molecule has 104 valence electrons. The standard InChI is InChI=1S/C13H24N2O3/c1-5-11(13(17)18-4)12(16)15(3)10-6-8-14(2)9-7-10/h10-11H,5-9H2,1-4H3. The highest BCUT2D eigenvalue weighted by molar-refractivity contribution is 5.97. The molecule has 1 heterocycles. The van der Waals surface area contributed by atoms with Crippen LogP contribution in [0.15, 0.2) is 0 Å². The highest BCUT2D eigenvalue weighted by atomic mass is 16.5. The van der Waals surface area contributed by atoms with E-state index in [-0.39, 0.29) is 11.9 Å². The quantitative estimate of drug-likeness (QED) is 0.550. The Bertz CT molecular complexity index is 299. The minimum atomic E-state index is -0.653. The van der Waals surface area contributed by atoms with Gasteiger partial charge in [-0.05, 0) is 39.4 Å². The highest BCUT2D eigenvalue weighted by Gasteiger charge is 2.32. The van der Waals surface area contributed by atoms with Gasteiger partial charge in [-0.1, -0.05) is 6.92 Å². The van der Waals surface area contributed by atoms with Crippen LogP contribution < -0.4 is 0 Å². The van der Waals surface area contributed by atoms with Gasteiger partial charge in [0.25, 0.3) is 0 Å². The number of nitrogens with zero attached hydrogens (tertiary/aromatic N) is 2. The van der Waals surface area contributed by atoms with Crippen molar-refractivity contribution in [2.24, 2.45) is 5.92 Å². The molecule has 1 aliphatic heterocycles. The summed E-state index contributed by atoms with van der Waals surface area (Å²) in [6.45, 7) is 3.83. The minimum Gasteiger partial charge on any atom is -0.468 e. The first-order valence-corrected chi connectivity index (χ1v) is 6.54. The largest absolute Gasteiger partial charge is 0.468 e. The second-order valence-corrected chi connectivity index (χ2v) is 4.97. The number of carbonyl (C=O) groups excluding carboxylic acids is 2. The summed E-state index contributed by atoms with van der Waals surface area (Å²) in [6, 6.07) is 0.243. The first kappa shape index (κ1) is 15.0. The van der Waals surface area contributed by atoms with Crippen LogP contribution in [0.5, 0.6) is 0 Å². The average Bonchev–Trinajstić information content (AvgIpc) is 2.39. The van der Waals surface area contributed by atoms with E-state index in [1.165, 1.54) is 7.11 Å². The SMILES string of the molecule is CCC(C(=O)OC)C(=O)N(C)C1CCN(C)CC1. The first-order chi connectivity index (χ1) is 8.51. The molecule has 0 aliphatic carbocycles. The third kappa shape index (κ3) is 3.45. The van der Waals surface area contributed by atoms with Gasteiger partial charge < -0.3 is 14.5 Å². The molecule has 18 heavy (non-hydrogen) atoms. The molecule has 0 aromatic heterocycles. The Kier molecular flexibility index (Phi) is 5.59. The number of carbonyl (C=O) groups is 2. The fourth-order valence-electron chi connectivity index (χ4n) is 2.39. The van der Waals surface area contributed by atoms with Gasteiger partial charge in [-0.2, -0.15) is 0 Å². The van der Waals surface area contributed by atoms with E-state index >= 15 is 0 Å². The number of piperidine rings is 1. The molecule has 0 aromatic carbocycles. The predicted octanol–water partition coefficient (Wildman–Crippen LogP) is 0.738. The number of rotatable bonds is 4. The second kappa shape index (κ2) is 6.73. The summed E-state index contributed by atoms with van der Waals surface area (Å²) in [5.74, 6) is -1.19. The second-order valence-electron chi connectivity index (χ2n) is 4.97. The number of esters is 1. The van der Waals surface area contributed by atoms with Crippen LogP contribution in [-0.4, -0.2) is 62.0 Å². The molecule has 5 heteroatoms. The van der Waals surface area contributed by atoms with Gasteiger partial charge in [0.1, 0.15) is 5.92 Å². The van der Waals surface area contributed by atoms with Crippen molar-refractivity contribution in [3.8, 4) is 0 Å². The van der Waals surface area contributed by atoms with Crippen molar-refractivity contribution >= 4 is 11.9 Å². The maximum Gasteiger partial charge on any atom is 0.318 e. The summed E-state index contributed by atoms with van der Waals surface area (Å²) < 4.78 is 4.68. The van der Waals surface area contributed by atoms with E-state index in [1.54, 1.807) is 11.9 Å². The van der Waals surface area contributed by atoms with Gasteiger partial charge in [-0.25, -0.2) is 0 Å². The van der Waals surface area contributed by atoms with E-state index in [4.69, 9.17) is 0 Å². The van der Waals surface area contributed by atoms with Crippen molar-refractivity contribution in [3.63, 3.8) is 0 Å². The van der Waals surface area contributed by atoms with Crippen LogP contribution in [0.4, 0.5) is 0 Å². The van der Waals surface area contributed by atoms with Gasteiger partial charge in [-0.3, -0.25) is 9.59 Å². The molecule has 0 aromatic rings. The molecular weight excluding hydrogens is 232 g/mol. The molecule has 0 saturated carbocycles. The van der Waals surface area contributed by atoms with Crippen LogP contribution in [-0.2, 0) is 14.3 Å². The Morgan fingerprint density at radius 1 is 1.39 bits per heavy atom. The van der Waals surface area contributed by atoms with Gasteiger partial charge in [0, 0.05) is 13.1 Å². The Labute approximate surface area is 109 Å². The third-order valence-corrected chi connectivity index (χ3v) is 3.78. The van der Waals surface area contributed by atoms with Gasteiger partial charge in [0.15, 0.2) is 0 Å². The topological polar surface area (TPSA) is 49.9 Å². The van der Waals surface area contributed by atoms with E-state index in [0.717, 1.165) is 25.9 Å². The lowest BCUT2D eigenvalue weighted by Crippen LogP contribution is -2.47. The number of methoxy groups -OCH3 is 1. The van der Waals surface area contributed by atoms with E-state index < -0.39 is 11.9 Å². The zero-order valence-corrected chi connectivity index (χ0v) is 11.8. The van der Waals surface area contributed by atoms with Crippen LogP contribution in [0.2, 0.25) is 0 Å². The van der Waals surface area contributed by atoms with Crippen molar-refractivity contribution in [1.82, 2.24) is 9.80 Å². The van der Waals surface area contributed by atoms with Gasteiger partial charge in [0.2, 0.25) is 5.91 Å². The molecule has 1 rings (SSSR count). The Balaban J connectivity index is 2.61. The van der Waals surface area contributed by atoms with Crippen molar-refractivity contribution in [3.05, 3.63) is 0 Å². The Morgan fingerprint density at radius 2 is 1.94 bits per heavy atom. The number of hydrogen-bond acceptors (Lipinski definition) is 4.